The van der Waals surface area contributed by atoms with Gasteiger partial charge in [0.2, 0.25) is 11.7 Å². The molecule has 0 aliphatic carbocycles. The van der Waals surface area contributed by atoms with Crippen molar-refractivity contribution in [3.8, 4) is 11.6 Å². The van der Waals surface area contributed by atoms with E-state index >= 15 is 0 Å². The topological polar surface area (TPSA) is 73.3 Å². The maximum atomic E-state index is 5.65. The fraction of sp³-hybridized carbons (Fsp3) is 0.538. The minimum absolute atomic E-state index is 0.171. The maximum absolute atomic E-state index is 5.65. The van der Waals surface area contributed by atoms with Crippen LogP contribution in [0.1, 0.15) is 12.3 Å². The summed E-state index contributed by atoms with van der Waals surface area (Å²) in [4.78, 5) is 4.52. The number of nitrogens with zero attached hydrogens (tertiary/aromatic N) is 2. The van der Waals surface area contributed by atoms with Crippen LogP contribution in [0.2, 0.25) is 0 Å². The van der Waals surface area contributed by atoms with E-state index in [-0.39, 0.29) is 5.41 Å². The van der Waals surface area contributed by atoms with Gasteiger partial charge in [0.1, 0.15) is 0 Å². The number of nitrogens with one attached hydrogen (secondary N) is 1. The van der Waals surface area contributed by atoms with Gasteiger partial charge in [0.15, 0.2) is 5.76 Å². The molecule has 1 N–H and O–H groups in total. The third-order valence-corrected chi connectivity index (χ3v) is 4.18. The van der Waals surface area contributed by atoms with Crippen molar-refractivity contribution in [3.05, 3.63) is 24.3 Å². The molecule has 0 amide bonds. The maximum Gasteiger partial charge on any atom is 0.238 e. The molecule has 2 aliphatic rings. The van der Waals surface area contributed by atoms with E-state index in [0.717, 1.165) is 26.1 Å². The van der Waals surface area contributed by atoms with Gasteiger partial charge in [-0.1, -0.05) is 5.16 Å². The minimum Gasteiger partial charge on any atom is -0.461 e. The van der Waals surface area contributed by atoms with E-state index in [1.807, 2.05) is 12.1 Å². The molecule has 4 heterocycles. The van der Waals surface area contributed by atoms with Crippen molar-refractivity contribution < 1.29 is 13.7 Å². The second-order valence-corrected chi connectivity index (χ2v) is 5.23. The van der Waals surface area contributed by atoms with Crippen LogP contribution in [0.3, 0.4) is 0 Å². The van der Waals surface area contributed by atoms with Crippen molar-refractivity contribution in [2.24, 2.45) is 5.92 Å². The summed E-state index contributed by atoms with van der Waals surface area (Å²) in [5.74, 6) is 2.30. The van der Waals surface area contributed by atoms with Crippen molar-refractivity contribution in [2.75, 3.05) is 26.3 Å². The molecular weight excluding hydrogens is 246 g/mol. The van der Waals surface area contributed by atoms with E-state index in [2.05, 4.69) is 15.5 Å². The highest BCUT2D eigenvalue weighted by molar-refractivity contribution is 5.45. The summed E-state index contributed by atoms with van der Waals surface area (Å²) >= 11 is 0. The van der Waals surface area contributed by atoms with Gasteiger partial charge in [-0.15, -0.1) is 0 Å². The van der Waals surface area contributed by atoms with Gasteiger partial charge in [-0.3, -0.25) is 0 Å². The largest absolute Gasteiger partial charge is 0.461 e. The average molecular weight is 261 g/mol. The van der Waals surface area contributed by atoms with Crippen molar-refractivity contribution in [1.29, 1.82) is 0 Å². The Morgan fingerprint density at radius 3 is 3.32 bits per heavy atom. The van der Waals surface area contributed by atoms with Gasteiger partial charge in [0.25, 0.3) is 0 Å². The van der Waals surface area contributed by atoms with Crippen molar-refractivity contribution in [3.63, 3.8) is 0 Å². The second-order valence-electron chi connectivity index (χ2n) is 5.23. The van der Waals surface area contributed by atoms with Gasteiger partial charge in [0, 0.05) is 13.2 Å². The highest BCUT2D eigenvalue weighted by Crippen LogP contribution is 2.40. The lowest BCUT2D eigenvalue weighted by Crippen LogP contribution is -2.44. The predicted molar refractivity (Wildman–Crippen MR) is 65.5 cm³/mol. The third-order valence-electron chi connectivity index (χ3n) is 4.18. The van der Waals surface area contributed by atoms with Crippen LogP contribution in [0.4, 0.5) is 0 Å². The highest BCUT2D eigenvalue weighted by atomic mass is 16.5. The summed E-state index contributed by atoms with van der Waals surface area (Å²) < 4.78 is 16.4. The van der Waals surface area contributed by atoms with Crippen molar-refractivity contribution >= 4 is 0 Å². The quantitative estimate of drug-likeness (QED) is 0.876. The summed E-state index contributed by atoms with van der Waals surface area (Å²) in [5.41, 5.74) is -0.171. The summed E-state index contributed by atoms with van der Waals surface area (Å²) in [6.45, 7) is 3.27. The lowest BCUT2D eigenvalue weighted by Gasteiger charge is -2.34. The molecule has 6 heteroatoms. The Labute approximate surface area is 110 Å². The van der Waals surface area contributed by atoms with Gasteiger partial charge < -0.3 is 19.0 Å². The minimum atomic E-state index is -0.171. The Hall–Kier alpha value is -1.66. The molecule has 100 valence electrons. The van der Waals surface area contributed by atoms with Crippen LogP contribution >= 0.6 is 0 Å². The first-order chi connectivity index (χ1) is 9.38. The molecule has 0 radical (unpaired) electrons. The van der Waals surface area contributed by atoms with Crippen molar-refractivity contribution in [2.45, 2.75) is 11.8 Å². The molecule has 2 aromatic heterocycles. The molecule has 0 bridgehead atoms. The van der Waals surface area contributed by atoms with Crippen LogP contribution in [0.5, 0.6) is 0 Å². The summed E-state index contributed by atoms with van der Waals surface area (Å²) in [6.07, 6.45) is 2.64. The average Bonchev–Trinajstić information content (AvgIpc) is 3.18. The van der Waals surface area contributed by atoms with E-state index in [1.54, 1.807) is 6.26 Å². The molecule has 2 saturated heterocycles. The molecule has 0 unspecified atom stereocenters. The van der Waals surface area contributed by atoms with E-state index in [4.69, 9.17) is 13.7 Å². The molecule has 2 aromatic rings. The normalized spacial score (nSPS) is 30.4. The number of hydrogen-bond acceptors (Lipinski definition) is 6. The SMILES string of the molecule is c1coc(-c2noc([C@]34CNC[C@H]3CCOC4)n2)c1. The lowest BCUT2D eigenvalue weighted by atomic mass is 9.75. The van der Waals surface area contributed by atoms with Crippen LogP contribution in [-0.2, 0) is 10.2 Å². The molecule has 2 fully saturated rings. The van der Waals surface area contributed by atoms with E-state index in [0.29, 0.717) is 30.0 Å². The fourth-order valence-corrected chi connectivity index (χ4v) is 3.08. The van der Waals surface area contributed by atoms with Crippen LogP contribution in [0.15, 0.2) is 27.3 Å². The molecule has 0 spiro atoms. The van der Waals surface area contributed by atoms with Gasteiger partial charge in [-0.05, 0) is 31.0 Å². The van der Waals surface area contributed by atoms with Crippen LogP contribution in [0.25, 0.3) is 11.6 Å². The molecule has 2 atom stereocenters. The Kier molecular flexibility index (Phi) is 2.46. The first-order valence-electron chi connectivity index (χ1n) is 6.55. The summed E-state index contributed by atoms with van der Waals surface area (Å²) in [5, 5.41) is 7.44. The van der Waals surface area contributed by atoms with Gasteiger partial charge in [-0.2, -0.15) is 4.98 Å². The van der Waals surface area contributed by atoms with Crippen LogP contribution in [0, 0.1) is 5.92 Å². The molecule has 0 saturated carbocycles. The molecular formula is C13H15N3O3. The van der Waals surface area contributed by atoms with Crippen LogP contribution in [-0.4, -0.2) is 36.4 Å². The number of rotatable bonds is 2. The Morgan fingerprint density at radius 2 is 2.42 bits per heavy atom. The fourth-order valence-electron chi connectivity index (χ4n) is 3.08. The zero-order chi connectivity index (χ0) is 12.7. The molecule has 0 aromatic carbocycles. The van der Waals surface area contributed by atoms with Crippen LogP contribution < -0.4 is 5.32 Å². The standard InChI is InChI=1S/C13H15N3O3/c1-2-10(18-4-1)11-15-12(19-16-11)13-7-14-6-9(13)3-5-17-8-13/h1-2,4,9,14H,3,5-8H2/t9-,13+/m1/s1. The predicted octanol–water partition coefficient (Wildman–Crippen LogP) is 1.21. The molecule has 2 aliphatic heterocycles. The number of hydrogen-bond donors (Lipinski definition) is 1. The van der Waals surface area contributed by atoms with Gasteiger partial charge in [0.05, 0.1) is 18.3 Å². The Bertz CT molecular complexity index is 565. The monoisotopic (exact) mass is 261 g/mol. The Morgan fingerprint density at radius 1 is 1.42 bits per heavy atom. The molecule has 4 rings (SSSR count). The van der Waals surface area contributed by atoms with E-state index in [1.165, 1.54) is 0 Å². The zero-order valence-electron chi connectivity index (χ0n) is 10.5. The number of fused-ring (bicyclic) bond motifs is 1. The second kappa shape index (κ2) is 4.18. The highest BCUT2D eigenvalue weighted by Gasteiger charge is 2.50. The van der Waals surface area contributed by atoms with Gasteiger partial charge >= 0.3 is 0 Å². The smallest absolute Gasteiger partial charge is 0.238 e. The number of furan rings is 1. The summed E-state index contributed by atoms with van der Waals surface area (Å²) in [7, 11) is 0. The van der Waals surface area contributed by atoms with E-state index < -0.39 is 0 Å². The first kappa shape index (κ1) is 11.2. The lowest BCUT2D eigenvalue weighted by molar-refractivity contribution is 0.00198. The Balaban J connectivity index is 1.72. The summed E-state index contributed by atoms with van der Waals surface area (Å²) in [6, 6.07) is 3.64. The zero-order valence-corrected chi connectivity index (χ0v) is 10.5. The first-order valence-corrected chi connectivity index (χ1v) is 6.55. The number of aromatic nitrogens is 2. The number of ether oxygens (including phenoxy) is 1. The van der Waals surface area contributed by atoms with Crippen molar-refractivity contribution in [1.82, 2.24) is 15.5 Å². The third kappa shape index (κ3) is 1.63. The molecule has 6 nitrogen and oxygen atoms in total. The molecule has 19 heavy (non-hydrogen) atoms. The van der Waals surface area contributed by atoms with E-state index in [9.17, 15) is 0 Å². The van der Waals surface area contributed by atoms with Gasteiger partial charge in [-0.25, -0.2) is 0 Å².